The SMILES string of the molecule is CCN(C(=O)C1CSc2ccccc21)C1CCC(N)CC1. The van der Waals surface area contributed by atoms with Crippen molar-refractivity contribution in [3.63, 3.8) is 0 Å². The summed E-state index contributed by atoms with van der Waals surface area (Å²) in [6.45, 7) is 2.91. The Balaban J connectivity index is 1.74. The first kappa shape index (κ1) is 14.9. The van der Waals surface area contributed by atoms with Crippen LogP contribution in [-0.4, -0.2) is 35.2 Å². The number of benzene rings is 1. The molecule has 21 heavy (non-hydrogen) atoms. The number of hydrogen-bond donors (Lipinski definition) is 1. The van der Waals surface area contributed by atoms with Gasteiger partial charge in [-0.1, -0.05) is 18.2 Å². The standard InChI is InChI=1S/C17H24N2OS/c1-2-19(13-9-7-12(18)8-10-13)17(20)15-11-21-16-6-4-3-5-14(15)16/h3-6,12-13,15H,2,7-11,18H2,1H3. The first-order valence-corrected chi connectivity index (χ1v) is 8.97. The van der Waals surface area contributed by atoms with Gasteiger partial charge in [0.15, 0.2) is 0 Å². The lowest BCUT2D eigenvalue weighted by Crippen LogP contribution is -2.46. The van der Waals surface area contributed by atoms with Crippen LogP contribution < -0.4 is 5.73 Å². The average Bonchev–Trinajstić information content (AvgIpc) is 2.94. The normalized spacial score (nSPS) is 28.2. The molecule has 0 spiro atoms. The molecule has 1 unspecified atom stereocenters. The molecule has 1 aromatic rings. The number of amides is 1. The zero-order chi connectivity index (χ0) is 14.8. The maximum absolute atomic E-state index is 13.0. The van der Waals surface area contributed by atoms with Crippen LogP contribution in [0, 0.1) is 0 Å². The van der Waals surface area contributed by atoms with Crippen LogP contribution >= 0.6 is 11.8 Å². The number of nitrogens with two attached hydrogens (primary N) is 1. The summed E-state index contributed by atoms with van der Waals surface area (Å²) in [7, 11) is 0. The molecular weight excluding hydrogens is 280 g/mol. The van der Waals surface area contributed by atoms with Crippen molar-refractivity contribution in [3.05, 3.63) is 29.8 Å². The predicted octanol–water partition coefficient (Wildman–Crippen LogP) is 2.99. The van der Waals surface area contributed by atoms with Gasteiger partial charge < -0.3 is 10.6 Å². The lowest BCUT2D eigenvalue weighted by molar-refractivity contribution is -0.135. The summed E-state index contributed by atoms with van der Waals surface area (Å²) in [6.07, 6.45) is 4.21. The minimum absolute atomic E-state index is 0.0433. The molecule has 3 rings (SSSR count). The molecule has 1 heterocycles. The quantitative estimate of drug-likeness (QED) is 0.934. The van der Waals surface area contributed by atoms with Gasteiger partial charge in [-0.05, 0) is 44.2 Å². The lowest BCUT2D eigenvalue weighted by atomic mass is 9.89. The number of thioether (sulfide) groups is 1. The van der Waals surface area contributed by atoms with Crippen LogP contribution in [0.3, 0.4) is 0 Å². The molecule has 1 atom stereocenters. The molecule has 114 valence electrons. The van der Waals surface area contributed by atoms with E-state index in [4.69, 9.17) is 5.73 Å². The van der Waals surface area contributed by atoms with Gasteiger partial charge in [-0.25, -0.2) is 0 Å². The van der Waals surface area contributed by atoms with E-state index in [1.54, 1.807) is 0 Å². The molecule has 2 aliphatic rings. The smallest absolute Gasteiger partial charge is 0.231 e. The van der Waals surface area contributed by atoms with Gasteiger partial charge >= 0.3 is 0 Å². The fourth-order valence-electron chi connectivity index (χ4n) is 3.57. The molecule has 1 saturated carbocycles. The summed E-state index contributed by atoms with van der Waals surface area (Å²) in [5, 5.41) is 0. The molecule has 1 aliphatic carbocycles. The second kappa shape index (κ2) is 6.41. The van der Waals surface area contributed by atoms with Crippen LogP contribution in [0.15, 0.2) is 29.2 Å². The van der Waals surface area contributed by atoms with Gasteiger partial charge in [0.1, 0.15) is 0 Å². The molecule has 1 aliphatic heterocycles. The maximum atomic E-state index is 13.0. The molecule has 2 N–H and O–H groups in total. The van der Waals surface area contributed by atoms with Gasteiger partial charge in [0.05, 0.1) is 5.92 Å². The molecule has 0 bridgehead atoms. The topological polar surface area (TPSA) is 46.3 Å². The van der Waals surface area contributed by atoms with E-state index in [2.05, 4.69) is 30.0 Å². The Morgan fingerprint density at radius 3 is 2.71 bits per heavy atom. The highest BCUT2D eigenvalue weighted by Gasteiger charge is 2.35. The highest BCUT2D eigenvalue weighted by atomic mass is 32.2. The van der Waals surface area contributed by atoms with Crippen molar-refractivity contribution in [2.24, 2.45) is 5.73 Å². The Morgan fingerprint density at radius 1 is 1.29 bits per heavy atom. The second-order valence-electron chi connectivity index (χ2n) is 6.09. The second-order valence-corrected chi connectivity index (χ2v) is 7.16. The number of likely N-dealkylation sites (N-methyl/N-ethyl adjacent to an activating group) is 1. The van der Waals surface area contributed by atoms with E-state index < -0.39 is 0 Å². The van der Waals surface area contributed by atoms with Crippen molar-refractivity contribution in [1.29, 1.82) is 0 Å². The van der Waals surface area contributed by atoms with Crippen molar-refractivity contribution < 1.29 is 4.79 Å². The molecule has 1 amide bonds. The predicted molar refractivity (Wildman–Crippen MR) is 87.5 cm³/mol. The highest BCUT2D eigenvalue weighted by Crippen LogP contribution is 2.40. The zero-order valence-electron chi connectivity index (χ0n) is 12.6. The Morgan fingerprint density at radius 2 is 2.00 bits per heavy atom. The Labute approximate surface area is 131 Å². The monoisotopic (exact) mass is 304 g/mol. The van der Waals surface area contributed by atoms with Crippen molar-refractivity contribution in [2.75, 3.05) is 12.3 Å². The Kier molecular flexibility index (Phi) is 4.55. The van der Waals surface area contributed by atoms with E-state index >= 15 is 0 Å². The summed E-state index contributed by atoms with van der Waals surface area (Å²) in [6, 6.07) is 9.06. The lowest BCUT2D eigenvalue weighted by Gasteiger charge is -2.37. The number of nitrogens with zero attached hydrogens (tertiary/aromatic N) is 1. The maximum Gasteiger partial charge on any atom is 0.231 e. The summed E-state index contributed by atoms with van der Waals surface area (Å²) < 4.78 is 0. The highest BCUT2D eigenvalue weighted by molar-refractivity contribution is 7.99. The largest absolute Gasteiger partial charge is 0.339 e. The fraction of sp³-hybridized carbons (Fsp3) is 0.588. The summed E-state index contributed by atoms with van der Waals surface area (Å²) >= 11 is 1.81. The van der Waals surface area contributed by atoms with Gasteiger partial charge in [0.2, 0.25) is 5.91 Å². The Bertz CT molecular complexity index is 511. The molecule has 0 radical (unpaired) electrons. The van der Waals surface area contributed by atoms with Crippen molar-refractivity contribution in [1.82, 2.24) is 4.90 Å². The van der Waals surface area contributed by atoms with Crippen LogP contribution in [-0.2, 0) is 4.79 Å². The molecule has 3 nitrogen and oxygen atoms in total. The van der Waals surface area contributed by atoms with Crippen molar-refractivity contribution >= 4 is 17.7 Å². The molecule has 4 heteroatoms. The number of carbonyl (C=O) groups excluding carboxylic acids is 1. The van der Waals surface area contributed by atoms with Crippen LogP contribution in [0.2, 0.25) is 0 Å². The van der Waals surface area contributed by atoms with E-state index in [0.717, 1.165) is 38.0 Å². The van der Waals surface area contributed by atoms with E-state index in [0.29, 0.717) is 18.0 Å². The van der Waals surface area contributed by atoms with Crippen LogP contribution in [0.4, 0.5) is 0 Å². The van der Waals surface area contributed by atoms with Crippen molar-refractivity contribution in [2.45, 2.75) is 55.5 Å². The van der Waals surface area contributed by atoms with Gasteiger partial charge in [-0.3, -0.25) is 4.79 Å². The van der Waals surface area contributed by atoms with Crippen LogP contribution in [0.5, 0.6) is 0 Å². The van der Waals surface area contributed by atoms with Gasteiger partial charge in [0.25, 0.3) is 0 Å². The number of carbonyl (C=O) groups is 1. The van der Waals surface area contributed by atoms with Crippen LogP contribution in [0.1, 0.15) is 44.1 Å². The first-order valence-electron chi connectivity index (χ1n) is 7.98. The number of fused-ring (bicyclic) bond motifs is 1. The third kappa shape index (κ3) is 2.97. The van der Waals surface area contributed by atoms with Crippen molar-refractivity contribution in [3.8, 4) is 0 Å². The minimum Gasteiger partial charge on any atom is -0.339 e. The van der Waals surface area contributed by atoms with E-state index in [-0.39, 0.29) is 5.92 Å². The van der Waals surface area contributed by atoms with Crippen LogP contribution in [0.25, 0.3) is 0 Å². The molecular formula is C17H24N2OS. The molecule has 1 fully saturated rings. The third-order valence-corrected chi connectivity index (χ3v) is 5.99. The summed E-state index contributed by atoms with van der Waals surface area (Å²) in [5.41, 5.74) is 7.21. The number of hydrogen-bond acceptors (Lipinski definition) is 3. The third-order valence-electron chi connectivity index (χ3n) is 4.80. The van der Waals surface area contributed by atoms with E-state index in [1.165, 1.54) is 10.5 Å². The van der Waals surface area contributed by atoms with Gasteiger partial charge in [-0.15, -0.1) is 11.8 Å². The minimum atomic E-state index is 0.0433. The zero-order valence-corrected chi connectivity index (χ0v) is 13.4. The first-order chi connectivity index (χ1) is 10.2. The van der Waals surface area contributed by atoms with Gasteiger partial charge in [-0.2, -0.15) is 0 Å². The molecule has 0 aromatic heterocycles. The van der Waals surface area contributed by atoms with Gasteiger partial charge in [0, 0.05) is 29.3 Å². The fourth-order valence-corrected chi connectivity index (χ4v) is 4.79. The van der Waals surface area contributed by atoms with E-state index in [1.807, 2.05) is 17.8 Å². The average molecular weight is 304 g/mol. The Hall–Kier alpha value is -1.00. The molecule has 0 saturated heterocycles. The number of rotatable bonds is 3. The summed E-state index contributed by atoms with van der Waals surface area (Å²) in [5.74, 6) is 1.25. The van der Waals surface area contributed by atoms with E-state index in [9.17, 15) is 4.79 Å². The summed E-state index contributed by atoms with van der Waals surface area (Å²) in [4.78, 5) is 16.4. The molecule has 1 aromatic carbocycles.